The number of fused-ring (bicyclic) bond motifs is 12. The normalized spacial score (nSPS) is 27.1. The minimum absolute atomic E-state index is 0.122. The Morgan fingerprint density at radius 1 is 0.708 bits per heavy atom. The Morgan fingerprint density at radius 2 is 1.17 bits per heavy atom. The molecule has 65 heavy (non-hydrogen) atoms. The third-order valence-corrected chi connectivity index (χ3v) is 15.0. The van der Waals surface area contributed by atoms with Crippen molar-refractivity contribution in [3.8, 4) is 0 Å². The molecule has 368 valence electrons. The fourth-order valence-corrected chi connectivity index (χ4v) is 11.4. The van der Waals surface area contributed by atoms with Gasteiger partial charge in [0.15, 0.2) is 0 Å². The summed E-state index contributed by atoms with van der Waals surface area (Å²) in [6.07, 6.45) is 0.0229. The molecule has 4 bridgehead atoms. The summed E-state index contributed by atoms with van der Waals surface area (Å²) in [6, 6.07) is -7.17. The second-order valence-electron chi connectivity index (χ2n) is 17.9. The van der Waals surface area contributed by atoms with E-state index in [1.54, 1.807) is 66.7 Å². The predicted molar refractivity (Wildman–Crippen MR) is 249 cm³/mol. The Hall–Kier alpha value is -4.33. The van der Waals surface area contributed by atoms with Gasteiger partial charge in [0.05, 0.1) is 24.7 Å². The molecule has 0 aliphatic carbocycles. The summed E-state index contributed by atoms with van der Waals surface area (Å²) in [6.45, 7) is 9.55. The van der Waals surface area contributed by atoms with Crippen molar-refractivity contribution in [1.29, 1.82) is 0 Å². The lowest BCUT2D eigenvalue weighted by atomic mass is 10.1. The van der Waals surface area contributed by atoms with E-state index in [2.05, 4.69) is 21.3 Å². The maximum Gasteiger partial charge on any atom is 0.408 e. The highest BCUT2D eigenvalue weighted by molar-refractivity contribution is 8.82. The van der Waals surface area contributed by atoms with Crippen LogP contribution >= 0.6 is 32.4 Å². The van der Waals surface area contributed by atoms with Crippen molar-refractivity contribution in [1.82, 2.24) is 50.7 Å². The van der Waals surface area contributed by atoms with E-state index in [1.807, 2.05) is 0 Å². The fraction of sp³-hybridized carbons (Fsp3) is 0.750. The van der Waals surface area contributed by atoms with Gasteiger partial charge in [0.2, 0.25) is 41.4 Å². The number of hydrogen-bond acceptors (Lipinski definition) is 15. The van der Waals surface area contributed by atoms with E-state index in [9.17, 15) is 43.2 Å². The molecule has 4 rings (SSSR count). The number of hydrogen-bond donors (Lipinski definition) is 4. The SMILES string of the molecule is CC[C@H]1C(=O)N(C)C[C@@H](NC(=O)OC(C)(C)C)C(=O)NCC2=S3OCC(C(=O)N1C)N(C)C(=O)CNC(=O)[C@H](NC(=O)OC(C)(C)C)CN(C)C(=O)[C@H](CSC)N(C)C(=O)C(CS3)N2C. The molecule has 7 atom stereocenters. The third kappa shape index (κ3) is 15.1. The lowest BCUT2D eigenvalue weighted by molar-refractivity contribution is -0.150. The van der Waals surface area contributed by atoms with E-state index in [0.29, 0.717) is 4.99 Å². The number of alkyl carbamates (subject to hydrolysis) is 2. The van der Waals surface area contributed by atoms with E-state index in [4.69, 9.17) is 13.7 Å². The Bertz CT molecular complexity index is 1860. The summed E-state index contributed by atoms with van der Waals surface area (Å²) < 4.78 is 17.3. The summed E-state index contributed by atoms with van der Waals surface area (Å²) in [5.74, 6) is -4.20. The van der Waals surface area contributed by atoms with Gasteiger partial charge in [0.1, 0.15) is 47.5 Å². The van der Waals surface area contributed by atoms with Gasteiger partial charge in [-0.1, -0.05) is 17.7 Å². The smallest absolute Gasteiger partial charge is 0.408 e. The van der Waals surface area contributed by atoms with Gasteiger partial charge in [0.25, 0.3) is 0 Å². The lowest BCUT2D eigenvalue weighted by Crippen LogP contribution is -2.60. The first kappa shape index (κ1) is 55.0. The summed E-state index contributed by atoms with van der Waals surface area (Å²) in [4.78, 5) is 133. The average molecular weight is 977 g/mol. The van der Waals surface area contributed by atoms with Crippen LogP contribution in [0.2, 0.25) is 0 Å². The minimum atomic E-state index is -1.43. The number of nitrogens with zero attached hydrogens (tertiary/aromatic N) is 6. The number of ether oxygens (including phenoxy) is 2. The Labute approximate surface area is 392 Å². The van der Waals surface area contributed by atoms with Crippen molar-refractivity contribution in [2.75, 3.05) is 92.8 Å². The number of amides is 9. The van der Waals surface area contributed by atoms with Gasteiger partial charge in [-0.15, -0.1) is 0 Å². The number of carbonyl (C=O) groups is 9. The molecule has 0 saturated carbocycles. The van der Waals surface area contributed by atoms with Crippen molar-refractivity contribution in [2.45, 2.75) is 102 Å². The highest BCUT2D eigenvalue weighted by Gasteiger charge is 2.42. The molecule has 4 aliphatic rings. The van der Waals surface area contributed by atoms with Crippen molar-refractivity contribution >= 4 is 90.9 Å². The first-order chi connectivity index (χ1) is 30.1. The molecule has 9 amide bonds. The van der Waals surface area contributed by atoms with Gasteiger partial charge in [-0.25, -0.2) is 9.59 Å². The molecule has 0 radical (unpaired) electrons. The molecule has 1 saturated heterocycles. The van der Waals surface area contributed by atoms with Crippen LogP contribution in [0.25, 0.3) is 0 Å². The lowest BCUT2D eigenvalue weighted by Gasteiger charge is -2.39. The molecule has 3 unspecified atom stereocenters. The first-order valence-electron chi connectivity index (χ1n) is 21.0. The minimum Gasteiger partial charge on any atom is -0.444 e. The molecule has 4 N–H and O–H groups in total. The van der Waals surface area contributed by atoms with Gasteiger partial charge >= 0.3 is 12.2 Å². The standard InChI is InChI=1S/C40H68N10O12S3/c1-15-25-33(54)45(8)18-24(44-38(59)62-40(5,6)7)32(53)42-17-30-48(11)28-22-64-65(30)60-20-26(35(56)49(25)12)47(10)29(51)16-41-31(52)23(43-37(58)61-39(2,3)4)19-46(9)34(55)27(21-63-14)50(13)36(28)57/h23-28H,15-22H2,1-14H3,(H,41,52)(H,42,53)(H,43,58)(H,44,59)/t23-,24-,25+,26?,27+,28?,65?/m1/s1. The van der Waals surface area contributed by atoms with Gasteiger partial charge in [-0.2, -0.15) is 11.8 Å². The van der Waals surface area contributed by atoms with Crippen LogP contribution in [0.5, 0.6) is 0 Å². The van der Waals surface area contributed by atoms with Gasteiger partial charge in [-0.3, -0.25) is 38.5 Å². The molecule has 22 nitrogen and oxygen atoms in total. The van der Waals surface area contributed by atoms with Crippen LogP contribution in [-0.4, -0.2) is 228 Å². The Morgan fingerprint density at radius 3 is 1.65 bits per heavy atom. The predicted octanol–water partition coefficient (Wildman–Crippen LogP) is -0.504. The van der Waals surface area contributed by atoms with Gasteiger partial charge in [-0.05, 0) is 61.3 Å². The summed E-state index contributed by atoms with van der Waals surface area (Å²) >= 11 is 1.32. The molecule has 0 spiro atoms. The highest BCUT2D eigenvalue weighted by Crippen LogP contribution is 2.40. The van der Waals surface area contributed by atoms with Crippen molar-refractivity contribution in [3.05, 3.63) is 0 Å². The molecule has 4 heterocycles. The average Bonchev–Trinajstić information content (AvgIpc) is 3.20. The first-order valence-corrected chi connectivity index (χ1v) is 25.1. The van der Waals surface area contributed by atoms with E-state index in [-0.39, 0.29) is 37.6 Å². The van der Waals surface area contributed by atoms with Crippen LogP contribution in [0, 0.1) is 0 Å². The Balaban J connectivity index is 2.23. The van der Waals surface area contributed by atoms with E-state index in [1.165, 1.54) is 77.4 Å². The maximum atomic E-state index is 14.6. The Kier molecular flexibility index (Phi) is 19.8. The van der Waals surface area contributed by atoms with Crippen molar-refractivity contribution in [2.24, 2.45) is 0 Å². The molecule has 25 heteroatoms. The molecular weight excluding hydrogens is 909 g/mol. The number of likely N-dealkylation sites (N-methyl/N-ethyl adjacent to an activating group) is 6. The number of rotatable bonds is 5. The van der Waals surface area contributed by atoms with Crippen LogP contribution < -0.4 is 21.3 Å². The maximum absolute atomic E-state index is 14.6. The van der Waals surface area contributed by atoms with Crippen LogP contribution in [-0.2, 0) is 47.2 Å². The fourth-order valence-electron chi connectivity index (χ4n) is 6.89. The molecule has 0 aromatic rings. The second-order valence-corrected chi connectivity index (χ2v) is 22.2. The largest absolute Gasteiger partial charge is 0.444 e. The van der Waals surface area contributed by atoms with Crippen LogP contribution in [0.4, 0.5) is 9.59 Å². The summed E-state index contributed by atoms with van der Waals surface area (Å²) in [5.41, 5.74) is -1.86. The third-order valence-electron chi connectivity index (χ3n) is 10.6. The molecule has 1 fully saturated rings. The summed E-state index contributed by atoms with van der Waals surface area (Å²) in [7, 11) is 8.68. The molecular formula is C40H68N10O12S3. The molecule has 0 aromatic heterocycles. The zero-order chi connectivity index (χ0) is 49.3. The quantitative estimate of drug-likeness (QED) is 0.200. The zero-order valence-electron chi connectivity index (χ0n) is 39.9. The van der Waals surface area contributed by atoms with Crippen molar-refractivity contribution < 1.29 is 56.8 Å². The van der Waals surface area contributed by atoms with Crippen LogP contribution in [0.1, 0.15) is 54.9 Å². The zero-order valence-corrected chi connectivity index (χ0v) is 42.4. The molecule has 0 aromatic carbocycles. The topological polar surface area (TPSA) is 249 Å². The van der Waals surface area contributed by atoms with E-state index >= 15 is 0 Å². The summed E-state index contributed by atoms with van der Waals surface area (Å²) in [5, 5.41) is 10.4. The van der Waals surface area contributed by atoms with Gasteiger partial charge in [0, 0.05) is 69.6 Å². The molecule has 4 aliphatic heterocycles. The number of thioether (sulfide) groups is 1. The monoisotopic (exact) mass is 976 g/mol. The second kappa shape index (κ2) is 23.4. The van der Waals surface area contributed by atoms with Crippen LogP contribution in [0.3, 0.4) is 0 Å². The number of nitrogens with one attached hydrogen (secondary N) is 4. The van der Waals surface area contributed by atoms with E-state index in [0.717, 1.165) is 4.90 Å². The van der Waals surface area contributed by atoms with E-state index < -0.39 is 124 Å². The number of carbonyl (C=O) groups excluding carboxylic acids is 9. The van der Waals surface area contributed by atoms with Crippen LogP contribution in [0.15, 0.2) is 0 Å². The highest BCUT2D eigenvalue weighted by atomic mass is 33.1. The van der Waals surface area contributed by atoms with Crippen molar-refractivity contribution in [3.63, 3.8) is 0 Å². The van der Waals surface area contributed by atoms with Gasteiger partial charge < -0.3 is 59.4 Å².